The maximum Gasteiger partial charge on any atom is 0.311 e. The van der Waals surface area contributed by atoms with E-state index in [9.17, 15) is 18.3 Å². The summed E-state index contributed by atoms with van der Waals surface area (Å²) in [6.45, 7) is 5.62. The molecular weight excluding hydrogens is 446 g/mol. The van der Waals surface area contributed by atoms with Gasteiger partial charge in [-0.3, -0.25) is 4.79 Å². The highest BCUT2D eigenvalue weighted by atomic mass is 32.2. The minimum atomic E-state index is -3.48. The van der Waals surface area contributed by atoms with E-state index in [-0.39, 0.29) is 10.9 Å². The molecule has 174 valence electrons. The van der Waals surface area contributed by atoms with Crippen LogP contribution in [-0.4, -0.2) is 62.9 Å². The van der Waals surface area contributed by atoms with Crippen molar-refractivity contribution < 1.29 is 18.3 Å². The minimum Gasteiger partial charge on any atom is -0.481 e. The Morgan fingerprint density at radius 1 is 1.22 bits per heavy atom. The van der Waals surface area contributed by atoms with Crippen LogP contribution in [0.25, 0.3) is 0 Å². The lowest BCUT2D eigenvalue weighted by Crippen LogP contribution is -2.59. The molecule has 1 aliphatic rings. The topological polar surface area (TPSA) is 98.7 Å². The van der Waals surface area contributed by atoms with Crippen molar-refractivity contribution in [3.05, 3.63) is 54.1 Å². The van der Waals surface area contributed by atoms with E-state index in [1.807, 2.05) is 31.2 Å². The van der Waals surface area contributed by atoms with Gasteiger partial charge >= 0.3 is 5.97 Å². The monoisotopic (exact) mass is 477 g/mol. The predicted molar refractivity (Wildman–Crippen MR) is 129 cm³/mol. The van der Waals surface area contributed by atoms with Crippen molar-refractivity contribution in [2.24, 2.45) is 5.41 Å². The van der Waals surface area contributed by atoms with Crippen LogP contribution in [0.2, 0.25) is 0 Å². The van der Waals surface area contributed by atoms with E-state index in [0.29, 0.717) is 13.1 Å². The number of carbonyl (C=O) groups is 1. The molecule has 0 bridgehead atoms. The highest BCUT2D eigenvalue weighted by molar-refractivity contribution is 7.99. The number of benzene rings is 2. The summed E-state index contributed by atoms with van der Waals surface area (Å²) in [5.41, 5.74) is 1.11. The van der Waals surface area contributed by atoms with Crippen LogP contribution in [0, 0.1) is 12.3 Å². The van der Waals surface area contributed by atoms with Gasteiger partial charge in [0.25, 0.3) is 0 Å². The van der Waals surface area contributed by atoms with E-state index in [0.717, 1.165) is 30.0 Å². The van der Waals surface area contributed by atoms with Crippen LogP contribution in [0.4, 0.5) is 5.69 Å². The van der Waals surface area contributed by atoms with Gasteiger partial charge < -0.3 is 15.3 Å². The van der Waals surface area contributed by atoms with E-state index in [1.54, 1.807) is 30.8 Å². The zero-order valence-electron chi connectivity index (χ0n) is 18.7. The second-order valence-electron chi connectivity index (χ2n) is 8.51. The van der Waals surface area contributed by atoms with E-state index in [4.69, 9.17) is 0 Å². The Bertz CT molecular complexity index is 1040. The zero-order chi connectivity index (χ0) is 23.4. The number of hydrogen-bond acceptors (Lipinski definition) is 6. The molecule has 9 heteroatoms. The van der Waals surface area contributed by atoms with Gasteiger partial charge in [0.15, 0.2) is 0 Å². The first-order valence-corrected chi connectivity index (χ1v) is 13.0. The molecule has 0 spiro atoms. The average Bonchev–Trinajstić information content (AvgIpc) is 2.75. The smallest absolute Gasteiger partial charge is 0.311 e. The van der Waals surface area contributed by atoms with E-state index in [2.05, 4.69) is 27.1 Å². The molecule has 1 atom stereocenters. The quantitative estimate of drug-likeness (QED) is 0.427. The first kappa shape index (κ1) is 24.6. The Kier molecular flexibility index (Phi) is 7.87. The second-order valence-corrected chi connectivity index (χ2v) is 11.5. The number of sulfonamides is 1. The van der Waals surface area contributed by atoms with Crippen molar-refractivity contribution in [3.8, 4) is 0 Å². The maximum atomic E-state index is 12.1. The van der Waals surface area contributed by atoms with Crippen molar-refractivity contribution >= 4 is 33.4 Å². The first-order valence-electron chi connectivity index (χ1n) is 10.6. The van der Waals surface area contributed by atoms with E-state index in [1.165, 1.54) is 11.9 Å². The molecule has 1 heterocycles. The fourth-order valence-electron chi connectivity index (χ4n) is 3.79. The Labute approximate surface area is 194 Å². The number of likely N-dealkylation sites (tertiary alicyclic amines) is 1. The Hall–Kier alpha value is -2.07. The van der Waals surface area contributed by atoms with Gasteiger partial charge in [-0.15, -0.1) is 11.8 Å². The van der Waals surface area contributed by atoms with Gasteiger partial charge in [-0.1, -0.05) is 18.2 Å². The number of rotatable bonds is 11. The number of aryl methyl sites for hydroxylation is 1. The van der Waals surface area contributed by atoms with Crippen LogP contribution in [-0.2, 0) is 14.8 Å². The van der Waals surface area contributed by atoms with Crippen LogP contribution in [0.15, 0.2) is 58.3 Å². The third kappa shape index (κ3) is 6.04. The summed E-state index contributed by atoms with van der Waals surface area (Å²) < 4.78 is 26.5. The number of hydrogen-bond donors (Lipinski definition) is 3. The van der Waals surface area contributed by atoms with Crippen molar-refractivity contribution in [2.75, 3.05) is 37.8 Å². The number of carboxylic acids is 1. The molecule has 0 saturated carbocycles. The number of nitrogens with zero attached hydrogens (tertiary/aromatic N) is 1. The molecule has 0 aliphatic carbocycles. The lowest BCUT2D eigenvalue weighted by atomic mass is 9.82. The van der Waals surface area contributed by atoms with Crippen LogP contribution in [0.5, 0.6) is 0 Å². The lowest BCUT2D eigenvalue weighted by Gasteiger charge is -2.45. The summed E-state index contributed by atoms with van der Waals surface area (Å²) in [5, 5.41) is 12.9. The number of thioether (sulfide) groups is 1. The number of carboxylic acid groups (broad SMARTS) is 1. The Balaban J connectivity index is 1.67. The van der Waals surface area contributed by atoms with Crippen molar-refractivity contribution in [1.82, 2.24) is 9.62 Å². The maximum absolute atomic E-state index is 12.1. The standard InChI is InChI=1S/C23H31N3O4S2/c1-17-13-20(32(29,30)24-3)9-10-21(17)25-18(14-31-19-7-5-4-6-8-19)11-12-26-15-23(2,16-26)22(27)28/h4-10,13,18,24-25H,11-12,14-16H2,1-3H3,(H,27,28)/t18-/m1/s1. The zero-order valence-corrected chi connectivity index (χ0v) is 20.3. The van der Waals surface area contributed by atoms with Crippen molar-refractivity contribution in [3.63, 3.8) is 0 Å². The van der Waals surface area contributed by atoms with Crippen molar-refractivity contribution in [1.29, 1.82) is 0 Å². The summed E-state index contributed by atoms with van der Waals surface area (Å²) in [6.07, 6.45) is 0.853. The summed E-state index contributed by atoms with van der Waals surface area (Å²) in [4.78, 5) is 15.0. The molecule has 3 rings (SSSR count). The summed E-state index contributed by atoms with van der Waals surface area (Å²) in [6, 6.07) is 15.4. The SMILES string of the molecule is CNS(=O)(=O)c1ccc(N[C@H](CCN2CC(C)(C(=O)O)C2)CSc2ccccc2)c(C)c1. The highest BCUT2D eigenvalue weighted by Gasteiger charge is 2.44. The van der Waals surface area contributed by atoms with Gasteiger partial charge in [0.05, 0.1) is 10.3 Å². The van der Waals surface area contributed by atoms with Crippen molar-refractivity contribution in [2.45, 2.75) is 36.1 Å². The molecule has 2 aromatic rings. The predicted octanol–water partition coefficient (Wildman–Crippen LogP) is 3.27. The van der Waals surface area contributed by atoms with Crippen LogP contribution in [0.1, 0.15) is 18.9 Å². The highest BCUT2D eigenvalue weighted by Crippen LogP contribution is 2.31. The molecule has 0 aromatic heterocycles. The molecule has 1 saturated heterocycles. The normalized spacial score (nSPS) is 16.8. The average molecular weight is 478 g/mol. The summed E-state index contributed by atoms with van der Waals surface area (Å²) in [7, 11) is -2.08. The van der Waals surface area contributed by atoms with E-state index < -0.39 is 21.4 Å². The van der Waals surface area contributed by atoms with Crippen LogP contribution >= 0.6 is 11.8 Å². The molecule has 2 aromatic carbocycles. The van der Waals surface area contributed by atoms with Gasteiger partial charge in [0, 0.05) is 42.0 Å². The third-order valence-corrected chi connectivity index (χ3v) is 8.37. The minimum absolute atomic E-state index is 0.141. The van der Waals surface area contributed by atoms with Gasteiger partial charge in [-0.25, -0.2) is 13.1 Å². The summed E-state index contributed by atoms with van der Waals surface area (Å²) in [5.74, 6) is 0.0969. The van der Waals surface area contributed by atoms with E-state index >= 15 is 0 Å². The van der Waals surface area contributed by atoms with Gasteiger partial charge in [-0.05, 0) is 63.2 Å². The van der Waals surface area contributed by atoms with Gasteiger partial charge in [0.2, 0.25) is 10.0 Å². The largest absolute Gasteiger partial charge is 0.481 e. The molecule has 1 fully saturated rings. The fraction of sp³-hybridized carbons (Fsp3) is 0.435. The molecule has 0 unspecified atom stereocenters. The first-order chi connectivity index (χ1) is 15.1. The molecule has 0 radical (unpaired) electrons. The third-order valence-electron chi connectivity index (χ3n) is 5.79. The fourth-order valence-corrected chi connectivity index (χ4v) is 5.59. The number of anilines is 1. The second kappa shape index (κ2) is 10.2. The molecule has 0 amide bonds. The Morgan fingerprint density at radius 3 is 2.50 bits per heavy atom. The van der Waals surface area contributed by atoms with Crippen LogP contribution < -0.4 is 10.0 Å². The molecule has 1 aliphatic heterocycles. The van der Waals surface area contributed by atoms with Crippen LogP contribution in [0.3, 0.4) is 0 Å². The summed E-state index contributed by atoms with van der Waals surface area (Å²) >= 11 is 1.77. The number of aliphatic carboxylic acids is 1. The number of nitrogens with one attached hydrogen (secondary N) is 2. The Morgan fingerprint density at radius 2 is 1.91 bits per heavy atom. The molecule has 3 N–H and O–H groups in total. The molecule has 32 heavy (non-hydrogen) atoms. The van der Waals surface area contributed by atoms with Gasteiger partial charge in [-0.2, -0.15) is 0 Å². The lowest BCUT2D eigenvalue weighted by molar-refractivity contribution is -0.158. The molecular formula is C23H31N3O4S2. The van der Waals surface area contributed by atoms with Gasteiger partial charge in [0.1, 0.15) is 0 Å². The molecule has 7 nitrogen and oxygen atoms in total.